The van der Waals surface area contributed by atoms with E-state index in [1.54, 1.807) is 6.08 Å². The van der Waals surface area contributed by atoms with E-state index in [2.05, 4.69) is 33.9 Å². The molecule has 1 atom stereocenters. The largest absolute Gasteiger partial charge is 0.465 e. The van der Waals surface area contributed by atoms with Crippen LogP contribution in [0.15, 0.2) is 12.7 Å². The number of anilines is 1. The average molecular weight is 449 g/mol. The molecule has 1 fully saturated rings. The molecule has 2 amide bonds. The average Bonchev–Trinajstić information content (AvgIpc) is 3.09. The zero-order valence-corrected chi connectivity index (χ0v) is 19.2. The molecule has 31 heavy (non-hydrogen) atoms. The number of hydrogen-bond donors (Lipinski definition) is 2. The van der Waals surface area contributed by atoms with Crippen LogP contribution in [0.25, 0.3) is 0 Å². The Bertz CT molecular complexity index is 830. The van der Waals surface area contributed by atoms with Crippen molar-refractivity contribution in [1.82, 2.24) is 15.1 Å². The van der Waals surface area contributed by atoms with Crippen molar-refractivity contribution < 1.29 is 19.1 Å². The van der Waals surface area contributed by atoms with Crippen LogP contribution in [-0.4, -0.2) is 80.5 Å². The third-order valence-corrected chi connectivity index (χ3v) is 6.97. The Morgan fingerprint density at radius 2 is 1.81 bits per heavy atom. The van der Waals surface area contributed by atoms with E-state index in [4.69, 9.17) is 4.74 Å². The highest BCUT2D eigenvalue weighted by molar-refractivity contribution is 7.17. The first-order chi connectivity index (χ1) is 14.9. The third kappa shape index (κ3) is 6.15. The van der Waals surface area contributed by atoms with E-state index in [-0.39, 0.29) is 24.3 Å². The molecular formula is C22H32N4O4S. The smallest absolute Gasteiger partial charge is 0.341 e. The number of carbonyl (C=O) groups excluding carboxylic acids is 3. The Labute approximate surface area is 187 Å². The summed E-state index contributed by atoms with van der Waals surface area (Å²) in [5, 5.41) is 6.35. The van der Waals surface area contributed by atoms with Gasteiger partial charge < -0.3 is 15.4 Å². The summed E-state index contributed by atoms with van der Waals surface area (Å²) < 4.78 is 4.99. The quantitative estimate of drug-likeness (QED) is 0.463. The topological polar surface area (TPSA) is 91.0 Å². The van der Waals surface area contributed by atoms with Crippen molar-refractivity contribution in [3.05, 3.63) is 28.7 Å². The molecule has 2 aliphatic rings. The Hall–Kier alpha value is -2.23. The number of nitrogens with one attached hydrogen (secondary N) is 2. The maximum Gasteiger partial charge on any atom is 0.341 e. The standard InChI is InChI=1S/C22H32N4O4S/c1-4-7-23-18(27)13-25-8-10-26(11-9-25)14-19(28)24-21-20(22(29)30-3)16-6-5-15(2)12-17(16)31-21/h4,15H,1,5-14H2,2-3H3,(H,23,27)(H,24,28). The van der Waals surface area contributed by atoms with Gasteiger partial charge in [0.25, 0.3) is 0 Å². The van der Waals surface area contributed by atoms with Gasteiger partial charge in [0.15, 0.2) is 0 Å². The fourth-order valence-corrected chi connectivity index (χ4v) is 5.49. The minimum Gasteiger partial charge on any atom is -0.465 e. The first-order valence-corrected chi connectivity index (χ1v) is 11.6. The van der Waals surface area contributed by atoms with Crippen molar-refractivity contribution in [2.75, 3.05) is 58.2 Å². The van der Waals surface area contributed by atoms with Gasteiger partial charge in [-0.3, -0.25) is 19.4 Å². The molecule has 8 nitrogen and oxygen atoms in total. The number of methoxy groups -OCH3 is 1. The summed E-state index contributed by atoms with van der Waals surface area (Å²) in [6, 6.07) is 0. The molecule has 0 saturated carbocycles. The van der Waals surface area contributed by atoms with Crippen LogP contribution in [0, 0.1) is 5.92 Å². The van der Waals surface area contributed by atoms with E-state index >= 15 is 0 Å². The fourth-order valence-electron chi connectivity index (χ4n) is 4.08. The summed E-state index contributed by atoms with van der Waals surface area (Å²) >= 11 is 1.50. The molecule has 0 aromatic carbocycles. The van der Waals surface area contributed by atoms with Crippen molar-refractivity contribution in [2.24, 2.45) is 5.92 Å². The molecule has 0 radical (unpaired) electrons. The van der Waals surface area contributed by atoms with Crippen molar-refractivity contribution >= 4 is 34.1 Å². The Morgan fingerprint density at radius 1 is 1.16 bits per heavy atom. The Balaban J connectivity index is 1.54. The summed E-state index contributed by atoms with van der Waals surface area (Å²) in [4.78, 5) is 42.3. The molecule has 2 heterocycles. The molecule has 3 rings (SSSR count). The van der Waals surface area contributed by atoms with Crippen molar-refractivity contribution in [1.29, 1.82) is 0 Å². The van der Waals surface area contributed by atoms with Crippen LogP contribution in [0.1, 0.15) is 34.1 Å². The van der Waals surface area contributed by atoms with Gasteiger partial charge in [0.2, 0.25) is 11.8 Å². The van der Waals surface area contributed by atoms with Crippen LogP contribution >= 0.6 is 11.3 Å². The third-order valence-electron chi connectivity index (χ3n) is 5.80. The predicted octanol–water partition coefficient (Wildman–Crippen LogP) is 1.52. The predicted molar refractivity (Wildman–Crippen MR) is 122 cm³/mol. The minimum absolute atomic E-state index is 0.0163. The summed E-state index contributed by atoms with van der Waals surface area (Å²) in [7, 11) is 1.38. The molecular weight excluding hydrogens is 416 g/mol. The van der Waals surface area contributed by atoms with Crippen LogP contribution in [0.2, 0.25) is 0 Å². The highest BCUT2D eigenvalue weighted by Gasteiger charge is 2.29. The number of carbonyl (C=O) groups is 3. The summed E-state index contributed by atoms with van der Waals surface area (Å²) in [5.41, 5.74) is 1.56. The van der Waals surface area contributed by atoms with Crippen molar-refractivity contribution in [3.8, 4) is 0 Å². The van der Waals surface area contributed by atoms with Gasteiger partial charge in [0.1, 0.15) is 5.00 Å². The molecule has 9 heteroatoms. The molecule has 1 aliphatic heterocycles. The van der Waals surface area contributed by atoms with Gasteiger partial charge in [0, 0.05) is 37.6 Å². The van der Waals surface area contributed by atoms with Gasteiger partial charge >= 0.3 is 5.97 Å². The van der Waals surface area contributed by atoms with Crippen LogP contribution < -0.4 is 10.6 Å². The van der Waals surface area contributed by atoms with Gasteiger partial charge in [-0.25, -0.2) is 4.79 Å². The second-order valence-corrected chi connectivity index (χ2v) is 9.35. The van der Waals surface area contributed by atoms with Gasteiger partial charge in [-0.2, -0.15) is 0 Å². The van der Waals surface area contributed by atoms with E-state index in [9.17, 15) is 14.4 Å². The zero-order chi connectivity index (χ0) is 22.4. The van der Waals surface area contributed by atoms with E-state index in [1.165, 1.54) is 23.3 Å². The number of nitrogens with zero attached hydrogens (tertiary/aromatic N) is 2. The van der Waals surface area contributed by atoms with E-state index in [0.29, 0.717) is 42.7 Å². The van der Waals surface area contributed by atoms with Crippen LogP contribution in [0.3, 0.4) is 0 Å². The monoisotopic (exact) mass is 448 g/mol. The maximum absolute atomic E-state index is 12.7. The van der Waals surface area contributed by atoms with Crippen molar-refractivity contribution in [3.63, 3.8) is 0 Å². The minimum atomic E-state index is -0.384. The first-order valence-electron chi connectivity index (χ1n) is 10.8. The van der Waals surface area contributed by atoms with Crippen molar-refractivity contribution in [2.45, 2.75) is 26.2 Å². The number of hydrogen-bond acceptors (Lipinski definition) is 7. The molecule has 1 aliphatic carbocycles. The number of rotatable bonds is 8. The lowest BCUT2D eigenvalue weighted by Gasteiger charge is -2.33. The number of fused-ring (bicyclic) bond motifs is 1. The van der Waals surface area contributed by atoms with Crippen LogP contribution in [-0.2, 0) is 27.2 Å². The molecule has 0 bridgehead atoms. The van der Waals surface area contributed by atoms with Gasteiger partial charge in [0.05, 0.1) is 25.8 Å². The summed E-state index contributed by atoms with van der Waals surface area (Å²) in [6.07, 6.45) is 4.47. The van der Waals surface area contributed by atoms with Gasteiger partial charge in [-0.05, 0) is 30.7 Å². The lowest BCUT2D eigenvalue weighted by Crippen LogP contribution is -2.51. The van der Waals surface area contributed by atoms with E-state index in [1.807, 2.05) is 0 Å². The molecule has 1 saturated heterocycles. The van der Waals surface area contributed by atoms with E-state index < -0.39 is 0 Å². The molecule has 170 valence electrons. The number of piperazine rings is 1. The summed E-state index contributed by atoms with van der Waals surface area (Å²) in [6.45, 7) is 9.77. The normalized spacial score (nSPS) is 19.4. The number of thiophene rings is 1. The van der Waals surface area contributed by atoms with Gasteiger partial charge in [-0.1, -0.05) is 13.0 Å². The molecule has 1 aromatic heterocycles. The van der Waals surface area contributed by atoms with Crippen LogP contribution in [0.4, 0.5) is 5.00 Å². The highest BCUT2D eigenvalue weighted by atomic mass is 32.1. The van der Waals surface area contributed by atoms with Gasteiger partial charge in [-0.15, -0.1) is 17.9 Å². The zero-order valence-electron chi connectivity index (χ0n) is 18.4. The molecule has 1 unspecified atom stereocenters. The molecule has 2 N–H and O–H groups in total. The Morgan fingerprint density at radius 3 is 2.42 bits per heavy atom. The SMILES string of the molecule is C=CCNC(=O)CN1CCN(CC(=O)Nc2sc3c(c2C(=O)OC)CCC(C)C3)CC1. The number of amides is 2. The summed E-state index contributed by atoms with van der Waals surface area (Å²) in [5.74, 6) is 0.0485. The second-order valence-electron chi connectivity index (χ2n) is 8.24. The first kappa shape index (κ1) is 23.4. The lowest BCUT2D eigenvalue weighted by atomic mass is 9.88. The van der Waals surface area contributed by atoms with Crippen LogP contribution in [0.5, 0.6) is 0 Å². The fraction of sp³-hybridized carbons (Fsp3) is 0.591. The highest BCUT2D eigenvalue weighted by Crippen LogP contribution is 2.40. The maximum atomic E-state index is 12.7. The second kappa shape index (κ2) is 10.9. The van der Waals surface area contributed by atoms with E-state index in [0.717, 1.165) is 37.9 Å². The lowest BCUT2D eigenvalue weighted by molar-refractivity contribution is -0.123. The number of ether oxygens (including phenoxy) is 1. The molecule has 1 aromatic rings. The number of esters is 1. The molecule has 0 spiro atoms. The Kier molecular flexibility index (Phi) is 8.22.